The summed E-state index contributed by atoms with van der Waals surface area (Å²) in [5.41, 5.74) is 0.326. The lowest BCUT2D eigenvalue weighted by atomic mass is 9.97. The van der Waals surface area contributed by atoms with E-state index in [9.17, 15) is 14.4 Å². The molecule has 1 aromatic heterocycles. The van der Waals surface area contributed by atoms with Gasteiger partial charge in [-0.15, -0.1) is 0 Å². The van der Waals surface area contributed by atoms with Crippen LogP contribution >= 0.6 is 12.1 Å². The number of anilines is 1. The van der Waals surface area contributed by atoms with Gasteiger partial charge in [-0.3, -0.25) is 0 Å². The van der Waals surface area contributed by atoms with Gasteiger partial charge >= 0.3 is 17.8 Å². The fourth-order valence-electron chi connectivity index (χ4n) is 3.36. The number of hydrogen-bond donors (Lipinski definition) is 4. The molecule has 37 heavy (non-hydrogen) atoms. The van der Waals surface area contributed by atoms with Gasteiger partial charge in [-0.1, -0.05) is 12.1 Å². The van der Waals surface area contributed by atoms with Crippen molar-refractivity contribution in [2.45, 2.75) is 13.0 Å². The van der Waals surface area contributed by atoms with Gasteiger partial charge in [-0.05, 0) is 36.4 Å². The van der Waals surface area contributed by atoms with Crippen LogP contribution in [0.4, 0.5) is 19.7 Å². The zero-order valence-electron chi connectivity index (χ0n) is 20.4. The molecule has 1 heterocycles. The number of nitrogens with one attached hydrogen (secondary N) is 3. The van der Waals surface area contributed by atoms with Gasteiger partial charge < -0.3 is 33.9 Å². The van der Waals surface area contributed by atoms with Gasteiger partial charge in [-0.2, -0.15) is 0 Å². The Hall–Kier alpha value is -3.81. The molecular weight excluding hydrogens is 507 g/mol. The molecule has 0 saturated heterocycles. The van der Waals surface area contributed by atoms with Gasteiger partial charge in [-0.25, -0.2) is 23.5 Å². The summed E-state index contributed by atoms with van der Waals surface area (Å²) in [4.78, 5) is 38.2. The molecule has 4 N–H and O–H groups in total. The number of rotatable bonds is 10. The monoisotopic (exact) mass is 534 g/mol. The summed E-state index contributed by atoms with van der Waals surface area (Å²) in [6, 6.07) is 9.23. The second-order valence-corrected chi connectivity index (χ2v) is 8.66. The molecule has 0 bridgehead atoms. The number of benzene rings is 2. The third-order valence-electron chi connectivity index (χ3n) is 5.10. The topological polar surface area (TPSA) is 142 Å². The first kappa shape index (κ1) is 27.8. The molecule has 198 valence electrons. The highest BCUT2D eigenvalue weighted by molar-refractivity contribution is 7.98. The van der Waals surface area contributed by atoms with Crippen molar-refractivity contribution >= 4 is 41.0 Å². The number of aliphatic hydroxyl groups is 1. The highest BCUT2D eigenvalue weighted by Crippen LogP contribution is 2.28. The number of carbonyl (C=O) groups is 2. The van der Waals surface area contributed by atoms with E-state index in [0.29, 0.717) is 10.9 Å². The first-order valence-electron chi connectivity index (χ1n) is 11.1. The van der Waals surface area contributed by atoms with Crippen LogP contribution in [0.15, 0.2) is 45.6 Å². The van der Waals surface area contributed by atoms with E-state index >= 15 is 4.39 Å². The van der Waals surface area contributed by atoms with Crippen LogP contribution in [0.25, 0.3) is 11.0 Å². The van der Waals surface area contributed by atoms with Crippen molar-refractivity contribution in [1.29, 1.82) is 0 Å². The van der Waals surface area contributed by atoms with Gasteiger partial charge in [0.15, 0.2) is 5.82 Å². The first-order chi connectivity index (χ1) is 17.7. The predicted molar refractivity (Wildman–Crippen MR) is 137 cm³/mol. The van der Waals surface area contributed by atoms with Gasteiger partial charge in [0.25, 0.3) is 0 Å². The summed E-state index contributed by atoms with van der Waals surface area (Å²) in [6.07, 6.45) is -1.55. The molecule has 0 unspecified atom stereocenters. The molecule has 11 nitrogen and oxygen atoms in total. The highest BCUT2D eigenvalue weighted by atomic mass is 32.2. The molecule has 2 aromatic carbocycles. The molecule has 13 heteroatoms. The minimum absolute atomic E-state index is 0.111. The van der Waals surface area contributed by atoms with E-state index < -0.39 is 23.6 Å². The quantitative estimate of drug-likeness (QED) is 0.226. The number of hydrogen-bond acceptors (Lipinski definition) is 10. The summed E-state index contributed by atoms with van der Waals surface area (Å²) < 4.78 is 36.3. The minimum atomic E-state index is -0.806. The van der Waals surface area contributed by atoms with E-state index in [0.717, 1.165) is 12.1 Å². The molecule has 0 aliphatic heterocycles. The molecule has 0 saturated carbocycles. The molecule has 0 atom stereocenters. The number of aliphatic hydroxyl groups excluding tert-OH is 1. The van der Waals surface area contributed by atoms with Crippen LogP contribution < -0.4 is 25.1 Å². The molecule has 2 amide bonds. The normalized spacial score (nSPS) is 10.7. The van der Waals surface area contributed by atoms with E-state index in [4.69, 9.17) is 19.0 Å². The second kappa shape index (κ2) is 12.9. The van der Waals surface area contributed by atoms with Gasteiger partial charge in [0.2, 0.25) is 0 Å². The number of carbonyl (C=O) groups excluding carboxylic acids is 2. The lowest BCUT2D eigenvalue weighted by molar-refractivity contribution is 0.119. The Morgan fingerprint density at radius 3 is 2.68 bits per heavy atom. The maximum absolute atomic E-state index is 15.1. The van der Waals surface area contributed by atoms with Crippen LogP contribution in [-0.4, -0.2) is 56.5 Å². The van der Waals surface area contributed by atoms with Crippen molar-refractivity contribution in [2.75, 3.05) is 39.1 Å². The number of alkyl carbamates (subject to hydrolysis) is 1. The number of fused-ring (bicyclic) bond motifs is 1. The van der Waals surface area contributed by atoms with Gasteiger partial charge in [0.1, 0.15) is 17.9 Å². The Morgan fingerprint density at radius 1 is 1.19 bits per heavy atom. The van der Waals surface area contributed by atoms with Crippen LogP contribution in [0.1, 0.15) is 16.7 Å². The summed E-state index contributed by atoms with van der Waals surface area (Å²) in [7, 11) is 4.73. The zero-order valence-corrected chi connectivity index (χ0v) is 21.2. The SMILES string of the molecule is CNSNc1cccc(Cc2c(CNC(=O)OCCO)c3ccc(OC(=O)N(C)C)cc3oc2=O)c1F. The first-order valence-corrected chi connectivity index (χ1v) is 11.9. The van der Waals surface area contributed by atoms with Crippen LogP contribution in [0, 0.1) is 5.82 Å². The van der Waals surface area contributed by atoms with E-state index in [1.165, 1.54) is 31.1 Å². The van der Waals surface area contributed by atoms with Crippen LogP contribution in [0.5, 0.6) is 5.75 Å². The summed E-state index contributed by atoms with van der Waals surface area (Å²) >= 11 is 1.09. The van der Waals surface area contributed by atoms with Crippen LogP contribution in [-0.2, 0) is 17.7 Å². The number of nitrogens with zero attached hydrogens (tertiary/aromatic N) is 1. The fraction of sp³-hybridized carbons (Fsp3) is 0.292. The molecule has 0 fully saturated rings. The van der Waals surface area contributed by atoms with Crippen molar-refractivity contribution in [1.82, 2.24) is 14.9 Å². The Labute approximate surface area is 216 Å². The van der Waals surface area contributed by atoms with Crippen molar-refractivity contribution in [2.24, 2.45) is 0 Å². The molecule has 0 radical (unpaired) electrons. The minimum Gasteiger partial charge on any atom is -0.447 e. The number of halogens is 1. The molecule has 3 aromatic rings. The highest BCUT2D eigenvalue weighted by Gasteiger charge is 2.20. The molecule has 0 spiro atoms. The molecule has 0 aliphatic carbocycles. The lowest BCUT2D eigenvalue weighted by Crippen LogP contribution is -2.27. The third-order valence-corrected chi connectivity index (χ3v) is 5.63. The summed E-state index contributed by atoms with van der Waals surface area (Å²) in [6.45, 7) is -0.694. The Kier molecular flexibility index (Phi) is 9.71. The van der Waals surface area contributed by atoms with Crippen LogP contribution in [0.3, 0.4) is 0 Å². The summed E-state index contributed by atoms with van der Waals surface area (Å²) in [5.74, 6) is -0.396. The average molecular weight is 535 g/mol. The fourth-order valence-corrected chi connectivity index (χ4v) is 3.73. The molecular formula is C24H27FN4O7S. The van der Waals surface area contributed by atoms with Gasteiger partial charge in [0.05, 0.1) is 12.3 Å². The van der Waals surface area contributed by atoms with Crippen molar-refractivity contribution in [3.8, 4) is 5.75 Å². The van der Waals surface area contributed by atoms with Gasteiger partial charge in [0, 0.05) is 56.2 Å². The number of amides is 2. The maximum Gasteiger partial charge on any atom is 0.414 e. The van der Waals surface area contributed by atoms with Crippen molar-refractivity contribution < 1.29 is 33.0 Å². The summed E-state index contributed by atoms with van der Waals surface area (Å²) in [5, 5.41) is 11.8. The standard InChI is InChI=1S/C24H27FN4O7S/c1-26-37-28-19-6-4-5-14(21(19)25)11-17-18(13-27-23(32)34-10-9-30)16-8-7-15(35-24(33)29(2)3)12-20(16)36-22(17)31/h4-8,12,26,28,30H,9-11,13H2,1-3H3,(H,27,32). The zero-order chi connectivity index (χ0) is 26.9. The van der Waals surface area contributed by atoms with Crippen molar-refractivity contribution in [3.63, 3.8) is 0 Å². The van der Waals surface area contributed by atoms with E-state index in [1.54, 1.807) is 31.3 Å². The maximum atomic E-state index is 15.1. The average Bonchev–Trinajstić information content (AvgIpc) is 2.87. The largest absolute Gasteiger partial charge is 0.447 e. The Balaban J connectivity index is 2.05. The van der Waals surface area contributed by atoms with E-state index in [1.807, 2.05) is 0 Å². The van der Waals surface area contributed by atoms with E-state index in [-0.39, 0.29) is 54.3 Å². The predicted octanol–water partition coefficient (Wildman–Crippen LogP) is 3.00. The van der Waals surface area contributed by atoms with E-state index in [2.05, 4.69) is 14.8 Å². The second-order valence-electron chi connectivity index (χ2n) is 7.84. The Bertz CT molecular complexity index is 1330. The third kappa shape index (κ3) is 7.12. The molecule has 3 rings (SSSR count). The number of ether oxygens (including phenoxy) is 2. The smallest absolute Gasteiger partial charge is 0.414 e. The Morgan fingerprint density at radius 2 is 1.97 bits per heavy atom. The van der Waals surface area contributed by atoms with Crippen LogP contribution in [0.2, 0.25) is 0 Å². The lowest BCUT2D eigenvalue weighted by Gasteiger charge is -2.15. The molecule has 0 aliphatic rings. The van der Waals surface area contributed by atoms with Crippen molar-refractivity contribution in [3.05, 3.63) is 69.3 Å².